The summed E-state index contributed by atoms with van der Waals surface area (Å²) in [4.78, 5) is 15.9. The van der Waals surface area contributed by atoms with E-state index in [1.165, 1.54) is 6.20 Å². The Labute approximate surface area is 148 Å². The van der Waals surface area contributed by atoms with Crippen LogP contribution in [0.5, 0.6) is 0 Å². The lowest BCUT2D eigenvalue weighted by Gasteiger charge is -2.18. The van der Waals surface area contributed by atoms with Gasteiger partial charge < -0.3 is 25.8 Å². The molecule has 26 heavy (non-hydrogen) atoms. The molecule has 1 saturated heterocycles. The van der Waals surface area contributed by atoms with Crippen LogP contribution in [0.2, 0.25) is 0 Å². The van der Waals surface area contributed by atoms with E-state index in [0.29, 0.717) is 5.56 Å². The summed E-state index contributed by atoms with van der Waals surface area (Å²) in [7, 11) is 0. The van der Waals surface area contributed by atoms with Crippen molar-refractivity contribution in [1.29, 1.82) is 0 Å². The quantitative estimate of drug-likeness (QED) is 0.478. The molecule has 5 N–H and O–H groups in total. The summed E-state index contributed by atoms with van der Waals surface area (Å²) in [6.07, 6.45) is -1.70. The van der Waals surface area contributed by atoms with E-state index < -0.39 is 36.8 Å². The van der Waals surface area contributed by atoms with Crippen molar-refractivity contribution in [3.8, 4) is 0 Å². The highest BCUT2D eigenvalue weighted by atomic mass is 16.6. The molecule has 1 fully saturated rings. The Bertz CT molecular complexity index is 834. The predicted molar refractivity (Wildman–Crippen MR) is 89.1 cm³/mol. The van der Waals surface area contributed by atoms with Crippen molar-refractivity contribution in [3.05, 3.63) is 34.1 Å². The van der Waals surface area contributed by atoms with Crippen LogP contribution < -0.4 is 11.4 Å². The van der Waals surface area contributed by atoms with E-state index in [1.807, 2.05) is 13.8 Å². The van der Waals surface area contributed by atoms with Gasteiger partial charge in [-0.1, -0.05) is 19.1 Å². The minimum Gasteiger partial charge on any atom is -0.394 e. The number of anilines is 1. The molecule has 11 heteroatoms. The summed E-state index contributed by atoms with van der Waals surface area (Å²) in [6.45, 7) is 3.71. The lowest BCUT2D eigenvalue weighted by atomic mass is 10.1. The van der Waals surface area contributed by atoms with Gasteiger partial charge >= 0.3 is 5.69 Å². The Morgan fingerprint density at radius 3 is 2.62 bits per heavy atom. The minimum atomic E-state index is -1.39. The van der Waals surface area contributed by atoms with Gasteiger partial charge in [-0.25, -0.2) is 9.48 Å². The van der Waals surface area contributed by atoms with Crippen LogP contribution in [0.1, 0.15) is 37.3 Å². The van der Waals surface area contributed by atoms with Crippen molar-refractivity contribution in [2.45, 2.75) is 50.8 Å². The molecular weight excluding hydrogens is 344 g/mol. The second kappa shape index (κ2) is 7.11. The predicted octanol–water partition coefficient (Wildman–Crippen LogP) is -1.80. The number of aliphatic hydroxyl groups excluding tert-OH is 3. The number of hydrogen-bond acceptors (Lipinski definition) is 9. The number of nitrogen functional groups attached to an aromatic ring is 1. The van der Waals surface area contributed by atoms with Gasteiger partial charge in [-0.2, -0.15) is 4.98 Å². The van der Waals surface area contributed by atoms with E-state index >= 15 is 0 Å². The minimum absolute atomic E-state index is 0.0274. The molecule has 0 aromatic carbocycles. The Balaban J connectivity index is 1.91. The number of ether oxygens (including phenoxy) is 1. The standard InChI is InChI=1S/C15H22N6O5/c1-7(2)9-5-20(19-18-9)3-8-4-21(15(25)17-13(8)16)14-12(24)11(23)10(6-22)26-14/h4-5,7,10-12,14,22-24H,3,6H2,1-2H3,(H2,16,17,25). The fourth-order valence-corrected chi connectivity index (χ4v) is 2.77. The third-order valence-corrected chi connectivity index (χ3v) is 4.33. The molecule has 0 spiro atoms. The van der Waals surface area contributed by atoms with Crippen LogP contribution in [-0.2, 0) is 11.3 Å². The van der Waals surface area contributed by atoms with E-state index in [4.69, 9.17) is 10.5 Å². The molecule has 4 atom stereocenters. The lowest BCUT2D eigenvalue weighted by molar-refractivity contribution is -0.0550. The Morgan fingerprint density at radius 1 is 1.31 bits per heavy atom. The third-order valence-electron chi connectivity index (χ3n) is 4.33. The molecule has 1 aliphatic heterocycles. The van der Waals surface area contributed by atoms with Crippen molar-refractivity contribution in [3.63, 3.8) is 0 Å². The summed E-state index contributed by atoms with van der Waals surface area (Å²) in [6, 6.07) is 0. The van der Waals surface area contributed by atoms with Gasteiger partial charge in [0.15, 0.2) is 6.23 Å². The maximum absolute atomic E-state index is 12.2. The van der Waals surface area contributed by atoms with Crippen molar-refractivity contribution >= 4 is 5.82 Å². The summed E-state index contributed by atoms with van der Waals surface area (Å²) in [5.74, 6) is 0.242. The van der Waals surface area contributed by atoms with Crippen LogP contribution in [0.15, 0.2) is 17.2 Å². The second-order valence-electron chi connectivity index (χ2n) is 6.57. The van der Waals surface area contributed by atoms with Crippen LogP contribution in [0.25, 0.3) is 0 Å². The molecule has 2 aromatic heterocycles. The van der Waals surface area contributed by atoms with Gasteiger partial charge in [0.25, 0.3) is 0 Å². The molecule has 0 saturated carbocycles. The Hall–Kier alpha value is -2.34. The fraction of sp³-hybridized carbons (Fsp3) is 0.600. The number of rotatable bonds is 5. The number of aromatic nitrogens is 5. The monoisotopic (exact) mass is 366 g/mol. The molecule has 4 unspecified atom stereocenters. The van der Waals surface area contributed by atoms with Crippen LogP contribution >= 0.6 is 0 Å². The molecule has 2 aromatic rings. The van der Waals surface area contributed by atoms with Gasteiger partial charge in [0.2, 0.25) is 0 Å². The van der Waals surface area contributed by atoms with E-state index in [0.717, 1.165) is 10.3 Å². The maximum atomic E-state index is 12.2. The first-order chi connectivity index (χ1) is 12.3. The highest BCUT2D eigenvalue weighted by Gasteiger charge is 2.43. The molecule has 3 rings (SSSR count). The molecule has 0 radical (unpaired) electrons. The molecule has 142 valence electrons. The summed E-state index contributed by atoms with van der Waals surface area (Å²) in [5, 5.41) is 37.3. The first-order valence-corrected chi connectivity index (χ1v) is 8.21. The third kappa shape index (κ3) is 3.33. The SMILES string of the molecule is CC(C)c1cn(Cc2cn(C3OC(CO)C(O)C3O)c(=O)nc2N)nn1. The van der Waals surface area contributed by atoms with Crippen molar-refractivity contribution in [1.82, 2.24) is 24.5 Å². The molecule has 0 aliphatic carbocycles. The molecule has 0 amide bonds. The summed E-state index contributed by atoms with van der Waals surface area (Å²) in [5.41, 5.74) is 6.39. The van der Waals surface area contributed by atoms with Crippen LogP contribution in [-0.4, -0.2) is 64.8 Å². The van der Waals surface area contributed by atoms with E-state index in [9.17, 15) is 20.1 Å². The lowest BCUT2D eigenvalue weighted by Crippen LogP contribution is -2.36. The van der Waals surface area contributed by atoms with E-state index in [-0.39, 0.29) is 18.3 Å². The zero-order valence-corrected chi connectivity index (χ0v) is 14.4. The molecular formula is C15H22N6O5. The highest BCUT2D eigenvalue weighted by Crippen LogP contribution is 2.28. The van der Waals surface area contributed by atoms with Gasteiger partial charge in [0, 0.05) is 18.0 Å². The normalized spacial score (nSPS) is 25.9. The fourth-order valence-electron chi connectivity index (χ4n) is 2.77. The smallest absolute Gasteiger partial charge is 0.351 e. The number of nitrogens with zero attached hydrogens (tertiary/aromatic N) is 5. The topological polar surface area (TPSA) is 162 Å². The number of nitrogens with two attached hydrogens (primary N) is 1. The van der Waals surface area contributed by atoms with E-state index in [1.54, 1.807) is 10.9 Å². The van der Waals surface area contributed by atoms with Crippen molar-refractivity contribution in [2.75, 3.05) is 12.3 Å². The van der Waals surface area contributed by atoms with Crippen LogP contribution in [0.3, 0.4) is 0 Å². The Kier molecular flexibility index (Phi) is 5.05. The first-order valence-electron chi connectivity index (χ1n) is 8.21. The average Bonchev–Trinajstić information content (AvgIpc) is 3.17. The zero-order chi connectivity index (χ0) is 19.0. The largest absolute Gasteiger partial charge is 0.394 e. The molecule has 3 heterocycles. The maximum Gasteiger partial charge on any atom is 0.351 e. The summed E-state index contributed by atoms with van der Waals surface area (Å²) < 4.78 is 8.00. The highest BCUT2D eigenvalue weighted by molar-refractivity contribution is 5.37. The van der Waals surface area contributed by atoms with Gasteiger partial charge in [-0.3, -0.25) is 4.57 Å². The van der Waals surface area contributed by atoms with Gasteiger partial charge in [0.05, 0.1) is 18.8 Å². The van der Waals surface area contributed by atoms with Gasteiger partial charge in [-0.15, -0.1) is 5.10 Å². The van der Waals surface area contributed by atoms with Crippen LogP contribution in [0, 0.1) is 0 Å². The Morgan fingerprint density at radius 2 is 2.04 bits per heavy atom. The van der Waals surface area contributed by atoms with Crippen molar-refractivity contribution in [2.24, 2.45) is 0 Å². The van der Waals surface area contributed by atoms with E-state index in [2.05, 4.69) is 15.3 Å². The van der Waals surface area contributed by atoms with Crippen molar-refractivity contribution < 1.29 is 20.1 Å². The second-order valence-corrected chi connectivity index (χ2v) is 6.57. The number of aliphatic hydroxyl groups is 3. The summed E-state index contributed by atoms with van der Waals surface area (Å²) >= 11 is 0. The molecule has 1 aliphatic rings. The van der Waals surface area contributed by atoms with Gasteiger partial charge in [0.1, 0.15) is 24.1 Å². The zero-order valence-electron chi connectivity index (χ0n) is 14.4. The average molecular weight is 366 g/mol. The van der Waals surface area contributed by atoms with Gasteiger partial charge in [-0.05, 0) is 5.92 Å². The van der Waals surface area contributed by atoms with Crippen LogP contribution in [0.4, 0.5) is 5.82 Å². The first kappa shape index (κ1) is 18.5. The molecule has 0 bridgehead atoms. The number of hydrogen-bond donors (Lipinski definition) is 4. The molecule has 11 nitrogen and oxygen atoms in total.